The second-order valence-corrected chi connectivity index (χ2v) is 7.25. The molecule has 0 aromatic heterocycles. The van der Waals surface area contributed by atoms with Crippen molar-refractivity contribution in [1.82, 2.24) is 9.62 Å². The maximum Gasteiger partial charge on any atom is 0.301 e. The van der Waals surface area contributed by atoms with Crippen LogP contribution < -0.4 is 10.0 Å². The summed E-state index contributed by atoms with van der Waals surface area (Å²) in [6.07, 6.45) is 0.778. The molecule has 0 saturated carbocycles. The van der Waals surface area contributed by atoms with Gasteiger partial charge in [0.05, 0.1) is 5.69 Å². The van der Waals surface area contributed by atoms with E-state index in [0.717, 1.165) is 29.5 Å². The molecule has 114 valence electrons. The Morgan fingerprint density at radius 2 is 2.05 bits per heavy atom. The second kappa shape index (κ2) is 7.97. The molecule has 0 radical (unpaired) electrons. The predicted molar refractivity (Wildman–Crippen MR) is 87.2 cm³/mol. The van der Waals surface area contributed by atoms with E-state index in [2.05, 4.69) is 26.0 Å². The maximum absolute atomic E-state index is 12.2. The van der Waals surface area contributed by atoms with Crippen molar-refractivity contribution in [2.75, 3.05) is 31.4 Å². The molecule has 0 bridgehead atoms. The van der Waals surface area contributed by atoms with Gasteiger partial charge in [-0.1, -0.05) is 13.0 Å². The molecule has 0 aliphatic carbocycles. The molecule has 20 heavy (non-hydrogen) atoms. The summed E-state index contributed by atoms with van der Waals surface area (Å²) < 4.78 is 29.1. The normalized spacial score (nSPS) is 11.8. The summed E-state index contributed by atoms with van der Waals surface area (Å²) in [6, 6.07) is 5.55. The molecule has 0 fully saturated rings. The SMILES string of the molecule is CCNCCCN(C)S(=O)(=O)Nc1cc(C)ccc1Br. The largest absolute Gasteiger partial charge is 0.317 e. The Balaban J connectivity index is 2.66. The zero-order valence-corrected chi connectivity index (χ0v) is 14.5. The number of hydrogen-bond donors (Lipinski definition) is 2. The molecule has 0 aliphatic heterocycles. The van der Waals surface area contributed by atoms with Crippen LogP contribution in [0.25, 0.3) is 0 Å². The van der Waals surface area contributed by atoms with Gasteiger partial charge in [0.2, 0.25) is 0 Å². The van der Waals surface area contributed by atoms with E-state index in [1.54, 1.807) is 13.1 Å². The van der Waals surface area contributed by atoms with Gasteiger partial charge in [0.25, 0.3) is 0 Å². The van der Waals surface area contributed by atoms with E-state index >= 15 is 0 Å². The summed E-state index contributed by atoms with van der Waals surface area (Å²) in [5.41, 5.74) is 1.56. The molecule has 0 unspecified atom stereocenters. The molecule has 1 aromatic rings. The second-order valence-electron chi connectivity index (χ2n) is 4.62. The van der Waals surface area contributed by atoms with Crippen molar-refractivity contribution in [3.05, 3.63) is 28.2 Å². The maximum atomic E-state index is 12.2. The Labute approximate surface area is 130 Å². The summed E-state index contributed by atoms with van der Waals surface area (Å²) in [7, 11) is -1.93. The third kappa shape index (κ3) is 5.40. The average Bonchev–Trinajstić information content (AvgIpc) is 2.38. The monoisotopic (exact) mass is 363 g/mol. The van der Waals surface area contributed by atoms with Crippen molar-refractivity contribution in [3.8, 4) is 0 Å². The fourth-order valence-electron chi connectivity index (χ4n) is 1.66. The smallest absolute Gasteiger partial charge is 0.301 e. The summed E-state index contributed by atoms with van der Waals surface area (Å²) in [5, 5.41) is 3.17. The van der Waals surface area contributed by atoms with Gasteiger partial charge < -0.3 is 5.32 Å². The van der Waals surface area contributed by atoms with Crippen LogP contribution in [0, 0.1) is 6.92 Å². The molecular weight excluding hydrogens is 342 g/mol. The van der Waals surface area contributed by atoms with Crippen LogP contribution >= 0.6 is 15.9 Å². The third-order valence-electron chi connectivity index (χ3n) is 2.85. The van der Waals surface area contributed by atoms with Gasteiger partial charge in [-0.05, 0) is 60.1 Å². The van der Waals surface area contributed by atoms with Crippen LogP contribution in [0.15, 0.2) is 22.7 Å². The lowest BCUT2D eigenvalue weighted by atomic mass is 10.2. The molecule has 0 spiro atoms. The van der Waals surface area contributed by atoms with Gasteiger partial charge in [0, 0.05) is 18.1 Å². The van der Waals surface area contributed by atoms with Crippen LogP contribution in [0.4, 0.5) is 5.69 Å². The molecule has 0 saturated heterocycles. The summed E-state index contributed by atoms with van der Waals surface area (Å²) >= 11 is 3.35. The lowest BCUT2D eigenvalue weighted by Gasteiger charge is -2.19. The van der Waals surface area contributed by atoms with Crippen molar-refractivity contribution >= 4 is 31.8 Å². The molecular formula is C13H22BrN3O2S. The Kier molecular flexibility index (Phi) is 6.94. The van der Waals surface area contributed by atoms with Crippen LogP contribution in [0.2, 0.25) is 0 Å². The van der Waals surface area contributed by atoms with Crippen molar-refractivity contribution in [1.29, 1.82) is 0 Å². The van der Waals surface area contributed by atoms with E-state index in [0.29, 0.717) is 12.2 Å². The number of benzene rings is 1. The highest BCUT2D eigenvalue weighted by atomic mass is 79.9. The van der Waals surface area contributed by atoms with Gasteiger partial charge >= 0.3 is 10.2 Å². The van der Waals surface area contributed by atoms with Gasteiger partial charge in [-0.2, -0.15) is 12.7 Å². The van der Waals surface area contributed by atoms with Crippen LogP contribution in [0.5, 0.6) is 0 Å². The topological polar surface area (TPSA) is 61.4 Å². The molecule has 2 N–H and O–H groups in total. The first-order chi connectivity index (χ1) is 9.36. The third-order valence-corrected chi connectivity index (χ3v) is 5.02. The molecule has 0 heterocycles. The Hall–Kier alpha value is -0.630. The van der Waals surface area contributed by atoms with Gasteiger partial charge in [0.15, 0.2) is 0 Å². The van der Waals surface area contributed by atoms with Crippen molar-refractivity contribution in [2.45, 2.75) is 20.3 Å². The Bertz CT molecular complexity index is 534. The number of nitrogens with one attached hydrogen (secondary N) is 2. The number of anilines is 1. The standard InChI is InChI=1S/C13H22BrN3O2S/c1-4-15-8-5-9-17(3)20(18,19)16-13-10-11(2)6-7-12(13)14/h6-7,10,15-16H,4-5,8-9H2,1-3H3. The first kappa shape index (κ1) is 17.4. The van der Waals surface area contributed by atoms with Crippen molar-refractivity contribution < 1.29 is 8.42 Å². The zero-order chi connectivity index (χ0) is 15.2. The zero-order valence-electron chi connectivity index (χ0n) is 12.1. The van der Waals surface area contributed by atoms with Crippen LogP contribution in [-0.2, 0) is 10.2 Å². The van der Waals surface area contributed by atoms with Gasteiger partial charge in [-0.15, -0.1) is 0 Å². The summed E-state index contributed by atoms with van der Waals surface area (Å²) in [4.78, 5) is 0. The number of halogens is 1. The van der Waals surface area contributed by atoms with E-state index in [1.165, 1.54) is 4.31 Å². The molecule has 1 rings (SSSR count). The minimum absolute atomic E-state index is 0.478. The highest BCUT2D eigenvalue weighted by molar-refractivity contribution is 9.10. The summed E-state index contributed by atoms with van der Waals surface area (Å²) in [6.45, 7) is 6.13. The number of rotatable bonds is 8. The van der Waals surface area contributed by atoms with Crippen LogP contribution in [0.1, 0.15) is 18.9 Å². The lowest BCUT2D eigenvalue weighted by molar-refractivity contribution is 0.459. The van der Waals surface area contributed by atoms with E-state index in [-0.39, 0.29) is 0 Å². The van der Waals surface area contributed by atoms with Crippen molar-refractivity contribution in [3.63, 3.8) is 0 Å². The summed E-state index contributed by atoms with van der Waals surface area (Å²) in [5.74, 6) is 0. The number of nitrogens with zero attached hydrogens (tertiary/aromatic N) is 1. The van der Waals surface area contributed by atoms with Gasteiger partial charge in [-0.3, -0.25) is 4.72 Å². The predicted octanol–water partition coefficient (Wildman–Crippen LogP) is 2.35. The van der Waals surface area contributed by atoms with Crippen LogP contribution in [0.3, 0.4) is 0 Å². The van der Waals surface area contributed by atoms with E-state index in [4.69, 9.17) is 0 Å². The minimum atomic E-state index is -3.51. The quantitative estimate of drug-likeness (QED) is 0.696. The molecule has 1 aromatic carbocycles. The number of hydrogen-bond acceptors (Lipinski definition) is 3. The number of aryl methyl sites for hydroxylation is 1. The fraction of sp³-hybridized carbons (Fsp3) is 0.538. The minimum Gasteiger partial charge on any atom is -0.317 e. The molecule has 0 aliphatic rings. The van der Waals surface area contributed by atoms with Crippen molar-refractivity contribution in [2.24, 2.45) is 0 Å². The van der Waals surface area contributed by atoms with Crippen LogP contribution in [-0.4, -0.2) is 39.4 Å². The molecule has 7 heteroatoms. The van der Waals surface area contributed by atoms with E-state index < -0.39 is 10.2 Å². The molecule has 0 amide bonds. The molecule has 5 nitrogen and oxygen atoms in total. The Morgan fingerprint density at radius 3 is 2.70 bits per heavy atom. The average molecular weight is 364 g/mol. The lowest BCUT2D eigenvalue weighted by Crippen LogP contribution is -2.34. The Morgan fingerprint density at radius 1 is 1.35 bits per heavy atom. The van der Waals surface area contributed by atoms with Gasteiger partial charge in [-0.25, -0.2) is 0 Å². The highest BCUT2D eigenvalue weighted by Gasteiger charge is 2.18. The highest BCUT2D eigenvalue weighted by Crippen LogP contribution is 2.24. The van der Waals surface area contributed by atoms with Gasteiger partial charge in [0.1, 0.15) is 0 Å². The fourth-order valence-corrected chi connectivity index (χ4v) is 3.11. The van der Waals surface area contributed by atoms with E-state index in [9.17, 15) is 8.42 Å². The first-order valence-electron chi connectivity index (χ1n) is 6.57. The van der Waals surface area contributed by atoms with E-state index in [1.807, 2.05) is 26.0 Å². The first-order valence-corrected chi connectivity index (χ1v) is 8.81. The molecule has 0 atom stereocenters.